The lowest BCUT2D eigenvalue weighted by Gasteiger charge is -2.22. The number of nitrogens with zero attached hydrogens (tertiary/aromatic N) is 1. The third kappa shape index (κ3) is 33.6. The summed E-state index contributed by atoms with van der Waals surface area (Å²) < 4.78 is 0. The molecule has 2 amide bonds. The topological polar surface area (TPSA) is 69.6 Å². The van der Waals surface area contributed by atoms with Gasteiger partial charge in [-0.15, -0.1) is 0 Å². The second-order valence-corrected chi connectivity index (χ2v) is 13.1. The van der Waals surface area contributed by atoms with Crippen molar-refractivity contribution in [2.45, 2.75) is 194 Å². The molecule has 0 aromatic rings. The first kappa shape index (κ1) is 43.4. The first-order valence-corrected chi connectivity index (χ1v) is 19.6. The summed E-state index contributed by atoms with van der Waals surface area (Å²) in [6.45, 7) is 5.77. The molecular formula is C40H76N2O3. The average Bonchev–Trinajstić information content (AvgIpc) is 3.04. The molecule has 0 bridgehead atoms. The molecule has 5 heteroatoms. The molecule has 0 rings (SSSR count). The van der Waals surface area contributed by atoms with Crippen molar-refractivity contribution in [3.63, 3.8) is 0 Å². The predicted molar refractivity (Wildman–Crippen MR) is 196 cm³/mol. The van der Waals surface area contributed by atoms with Crippen molar-refractivity contribution in [3.8, 4) is 0 Å². The zero-order valence-corrected chi connectivity index (χ0v) is 30.1. The molecule has 0 aromatic heterocycles. The second kappa shape index (κ2) is 36.8. The van der Waals surface area contributed by atoms with E-state index >= 15 is 0 Å². The van der Waals surface area contributed by atoms with E-state index in [1.165, 1.54) is 141 Å². The van der Waals surface area contributed by atoms with Crippen LogP contribution in [0.5, 0.6) is 0 Å². The number of hydrogen-bond acceptors (Lipinski definition) is 3. The fourth-order valence-electron chi connectivity index (χ4n) is 5.76. The van der Waals surface area contributed by atoms with E-state index < -0.39 is 0 Å². The Morgan fingerprint density at radius 1 is 0.511 bits per heavy atom. The SMILES string of the molecule is CCCCCCCC/C=C\CCCCCCCC(=O)NCCN(CCO)C(=O)CCCCCCC/C=C\CCCCCCCC. The highest BCUT2D eigenvalue weighted by molar-refractivity contribution is 5.77. The molecule has 0 unspecified atom stereocenters. The van der Waals surface area contributed by atoms with Crippen molar-refractivity contribution in [2.24, 2.45) is 0 Å². The fraction of sp³-hybridized carbons (Fsp3) is 0.850. The first-order chi connectivity index (χ1) is 22.2. The van der Waals surface area contributed by atoms with Gasteiger partial charge >= 0.3 is 0 Å². The van der Waals surface area contributed by atoms with E-state index in [9.17, 15) is 14.7 Å². The number of amides is 2. The van der Waals surface area contributed by atoms with Gasteiger partial charge in [0.05, 0.1) is 6.61 Å². The van der Waals surface area contributed by atoms with Gasteiger partial charge in [-0.05, 0) is 64.2 Å². The minimum absolute atomic E-state index is 0.0407. The Labute approximate surface area is 280 Å². The molecule has 0 atom stereocenters. The van der Waals surface area contributed by atoms with Crippen LogP contribution >= 0.6 is 0 Å². The lowest BCUT2D eigenvalue weighted by Crippen LogP contribution is -2.40. The van der Waals surface area contributed by atoms with Gasteiger partial charge < -0.3 is 15.3 Å². The van der Waals surface area contributed by atoms with Crippen LogP contribution in [-0.4, -0.2) is 48.1 Å². The number of hydrogen-bond donors (Lipinski definition) is 2. The van der Waals surface area contributed by atoms with Crippen LogP contribution < -0.4 is 5.32 Å². The Kier molecular flexibility index (Phi) is 35.5. The zero-order chi connectivity index (χ0) is 32.9. The normalized spacial score (nSPS) is 11.6. The average molecular weight is 633 g/mol. The Hall–Kier alpha value is -1.62. The molecule has 45 heavy (non-hydrogen) atoms. The van der Waals surface area contributed by atoms with Crippen LogP contribution in [0.2, 0.25) is 0 Å². The van der Waals surface area contributed by atoms with Gasteiger partial charge in [-0.25, -0.2) is 0 Å². The van der Waals surface area contributed by atoms with E-state index in [1.807, 2.05) is 0 Å². The molecule has 0 radical (unpaired) electrons. The molecule has 0 aliphatic carbocycles. The van der Waals surface area contributed by atoms with E-state index in [2.05, 4.69) is 43.5 Å². The molecule has 264 valence electrons. The zero-order valence-electron chi connectivity index (χ0n) is 30.1. The minimum atomic E-state index is -0.0407. The molecular weight excluding hydrogens is 556 g/mol. The minimum Gasteiger partial charge on any atom is -0.395 e. The molecule has 0 aliphatic rings. The number of carbonyl (C=O) groups excluding carboxylic acids is 2. The van der Waals surface area contributed by atoms with Crippen LogP contribution in [0, 0.1) is 0 Å². The monoisotopic (exact) mass is 633 g/mol. The van der Waals surface area contributed by atoms with E-state index in [1.54, 1.807) is 4.90 Å². The Morgan fingerprint density at radius 3 is 1.31 bits per heavy atom. The maximum Gasteiger partial charge on any atom is 0.222 e. The van der Waals surface area contributed by atoms with E-state index in [0.717, 1.165) is 25.7 Å². The molecule has 0 saturated heterocycles. The molecule has 0 aromatic carbocycles. The lowest BCUT2D eigenvalue weighted by atomic mass is 10.1. The van der Waals surface area contributed by atoms with Crippen molar-refractivity contribution in [2.75, 3.05) is 26.2 Å². The Balaban J connectivity index is 3.68. The first-order valence-electron chi connectivity index (χ1n) is 19.6. The van der Waals surface area contributed by atoms with Crippen molar-refractivity contribution in [1.82, 2.24) is 10.2 Å². The molecule has 0 spiro atoms. The van der Waals surface area contributed by atoms with E-state index in [0.29, 0.717) is 32.5 Å². The highest BCUT2D eigenvalue weighted by Crippen LogP contribution is 2.12. The van der Waals surface area contributed by atoms with Crippen molar-refractivity contribution in [1.29, 1.82) is 0 Å². The maximum atomic E-state index is 12.7. The van der Waals surface area contributed by atoms with E-state index in [4.69, 9.17) is 0 Å². The second-order valence-electron chi connectivity index (χ2n) is 13.1. The molecule has 0 aliphatic heterocycles. The number of allylic oxidation sites excluding steroid dienone is 4. The van der Waals surface area contributed by atoms with Crippen LogP contribution in [0.15, 0.2) is 24.3 Å². The summed E-state index contributed by atoms with van der Waals surface area (Å²) in [6, 6.07) is 0. The molecule has 2 N–H and O–H groups in total. The van der Waals surface area contributed by atoms with Crippen molar-refractivity contribution < 1.29 is 14.7 Å². The number of nitrogens with one attached hydrogen (secondary N) is 1. The van der Waals surface area contributed by atoms with E-state index in [-0.39, 0.29) is 18.4 Å². The highest BCUT2D eigenvalue weighted by atomic mass is 16.3. The van der Waals surface area contributed by atoms with Crippen LogP contribution in [-0.2, 0) is 9.59 Å². The lowest BCUT2D eigenvalue weighted by molar-refractivity contribution is -0.132. The molecule has 0 saturated carbocycles. The smallest absolute Gasteiger partial charge is 0.222 e. The number of unbranched alkanes of at least 4 members (excludes halogenated alkanes) is 22. The standard InChI is InChI=1S/C40H76N2O3/c1-3-5-7-9-11-13-15-17-19-21-23-25-27-29-31-33-39(44)41-35-36-42(37-38-43)40(45)34-32-30-28-26-24-22-20-18-16-14-12-10-8-6-4-2/h17-20,43H,3-16,21-38H2,1-2H3,(H,41,44)/b19-17-,20-18-. The quantitative estimate of drug-likeness (QED) is 0.0539. The predicted octanol–water partition coefficient (Wildman–Crippen LogP) is 11.0. The number of aliphatic hydroxyl groups is 1. The van der Waals surface area contributed by atoms with Crippen molar-refractivity contribution in [3.05, 3.63) is 24.3 Å². The van der Waals surface area contributed by atoms with Gasteiger partial charge in [0.25, 0.3) is 0 Å². The fourth-order valence-corrected chi connectivity index (χ4v) is 5.76. The Bertz CT molecular complexity index is 691. The third-order valence-corrected chi connectivity index (χ3v) is 8.74. The van der Waals surface area contributed by atoms with Gasteiger partial charge in [0.15, 0.2) is 0 Å². The summed E-state index contributed by atoms with van der Waals surface area (Å²) >= 11 is 0. The summed E-state index contributed by atoms with van der Waals surface area (Å²) in [5, 5.41) is 12.4. The van der Waals surface area contributed by atoms with Gasteiger partial charge in [-0.3, -0.25) is 9.59 Å². The van der Waals surface area contributed by atoms with Gasteiger partial charge in [0, 0.05) is 32.5 Å². The van der Waals surface area contributed by atoms with Gasteiger partial charge in [0.1, 0.15) is 0 Å². The third-order valence-electron chi connectivity index (χ3n) is 8.74. The summed E-state index contributed by atoms with van der Waals surface area (Å²) in [5.41, 5.74) is 0. The Morgan fingerprint density at radius 2 is 0.889 bits per heavy atom. The number of rotatable bonds is 35. The summed E-state index contributed by atoms with van der Waals surface area (Å²) in [6.07, 6.45) is 42.9. The summed E-state index contributed by atoms with van der Waals surface area (Å²) in [7, 11) is 0. The number of aliphatic hydroxyl groups excluding tert-OH is 1. The molecule has 5 nitrogen and oxygen atoms in total. The maximum absolute atomic E-state index is 12.7. The van der Waals surface area contributed by atoms with Crippen LogP contribution in [0.4, 0.5) is 0 Å². The summed E-state index contributed by atoms with van der Waals surface area (Å²) in [4.78, 5) is 26.6. The molecule has 0 heterocycles. The van der Waals surface area contributed by atoms with Crippen LogP contribution in [0.3, 0.4) is 0 Å². The highest BCUT2D eigenvalue weighted by Gasteiger charge is 2.13. The van der Waals surface area contributed by atoms with Gasteiger partial charge in [-0.1, -0.05) is 141 Å². The van der Waals surface area contributed by atoms with Crippen molar-refractivity contribution >= 4 is 11.8 Å². The van der Waals surface area contributed by atoms with Gasteiger partial charge in [0.2, 0.25) is 11.8 Å². The van der Waals surface area contributed by atoms with Crippen LogP contribution in [0.25, 0.3) is 0 Å². The number of carbonyl (C=O) groups is 2. The molecule has 0 fully saturated rings. The summed E-state index contributed by atoms with van der Waals surface area (Å²) in [5.74, 6) is 0.162. The van der Waals surface area contributed by atoms with Gasteiger partial charge in [-0.2, -0.15) is 0 Å². The largest absolute Gasteiger partial charge is 0.395 e. The van der Waals surface area contributed by atoms with Crippen LogP contribution in [0.1, 0.15) is 194 Å².